The van der Waals surface area contributed by atoms with Crippen LogP contribution in [0.4, 0.5) is 0 Å². The lowest BCUT2D eigenvalue weighted by Gasteiger charge is -2.07. The number of aliphatic hydroxyl groups is 1. The third-order valence-electron chi connectivity index (χ3n) is 2.29. The zero-order chi connectivity index (χ0) is 12.7. The predicted molar refractivity (Wildman–Crippen MR) is 80.1 cm³/mol. The number of aliphatic hydroxyl groups excluding tert-OH is 1. The van der Waals surface area contributed by atoms with Crippen LogP contribution < -0.4 is 5.32 Å². The fourth-order valence-electron chi connectivity index (χ4n) is 1.38. The highest BCUT2D eigenvalue weighted by Gasteiger charge is 2.09. The van der Waals surface area contributed by atoms with Crippen molar-refractivity contribution in [2.24, 2.45) is 0 Å². The molecule has 94 valence electrons. The highest BCUT2D eigenvalue weighted by Crippen LogP contribution is 2.19. The number of benzene rings is 1. The highest BCUT2D eigenvalue weighted by molar-refractivity contribution is 14.1. The van der Waals surface area contributed by atoms with Crippen molar-refractivity contribution in [2.75, 3.05) is 13.2 Å². The van der Waals surface area contributed by atoms with Gasteiger partial charge in [-0.05, 0) is 76.0 Å². The topological polar surface area (TPSA) is 49.3 Å². The van der Waals surface area contributed by atoms with Crippen molar-refractivity contribution in [1.29, 1.82) is 0 Å². The Morgan fingerprint density at radius 1 is 1.35 bits per heavy atom. The van der Waals surface area contributed by atoms with Crippen molar-refractivity contribution in [2.45, 2.75) is 19.3 Å². The maximum Gasteiger partial charge on any atom is 0.252 e. The zero-order valence-electron chi connectivity index (χ0n) is 9.38. The van der Waals surface area contributed by atoms with Gasteiger partial charge < -0.3 is 10.4 Å². The summed E-state index contributed by atoms with van der Waals surface area (Å²) in [5.74, 6) is -0.0561. The van der Waals surface area contributed by atoms with E-state index in [1.165, 1.54) is 0 Å². The molecular formula is C12H15BrINO2. The molecule has 0 aliphatic heterocycles. The van der Waals surface area contributed by atoms with E-state index in [-0.39, 0.29) is 12.5 Å². The van der Waals surface area contributed by atoms with Gasteiger partial charge in [0.05, 0.1) is 5.56 Å². The number of amides is 1. The second kappa shape index (κ2) is 8.05. The van der Waals surface area contributed by atoms with Gasteiger partial charge in [-0.25, -0.2) is 0 Å². The minimum atomic E-state index is -0.0561. The molecule has 1 aromatic carbocycles. The van der Waals surface area contributed by atoms with Gasteiger partial charge >= 0.3 is 0 Å². The molecular weight excluding hydrogens is 397 g/mol. The summed E-state index contributed by atoms with van der Waals surface area (Å²) in [6.07, 6.45) is 2.63. The molecule has 0 radical (unpaired) electrons. The lowest BCUT2D eigenvalue weighted by atomic mass is 10.2. The van der Waals surface area contributed by atoms with Gasteiger partial charge in [-0.2, -0.15) is 0 Å². The summed E-state index contributed by atoms with van der Waals surface area (Å²) in [5, 5.41) is 11.5. The van der Waals surface area contributed by atoms with E-state index in [1.54, 1.807) is 0 Å². The van der Waals surface area contributed by atoms with Crippen molar-refractivity contribution >= 4 is 44.4 Å². The quantitative estimate of drug-likeness (QED) is 0.558. The molecule has 5 heteroatoms. The van der Waals surface area contributed by atoms with Crippen LogP contribution in [0.1, 0.15) is 29.6 Å². The van der Waals surface area contributed by atoms with Crippen molar-refractivity contribution in [3.05, 3.63) is 31.8 Å². The molecule has 0 fully saturated rings. The number of hydrogen-bond acceptors (Lipinski definition) is 2. The maximum absolute atomic E-state index is 11.9. The predicted octanol–water partition coefficient (Wildman–Crippen LogP) is 2.95. The van der Waals surface area contributed by atoms with Gasteiger partial charge in [0.15, 0.2) is 0 Å². The third kappa shape index (κ3) is 5.35. The van der Waals surface area contributed by atoms with Crippen LogP contribution in [-0.4, -0.2) is 24.2 Å². The molecule has 0 aliphatic rings. The Morgan fingerprint density at radius 3 is 2.82 bits per heavy atom. The van der Waals surface area contributed by atoms with Gasteiger partial charge in [-0.1, -0.05) is 0 Å². The van der Waals surface area contributed by atoms with E-state index >= 15 is 0 Å². The Balaban J connectivity index is 2.44. The Kier molecular flexibility index (Phi) is 7.06. The molecule has 0 saturated carbocycles. The van der Waals surface area contributed by atoms with E-state index in [2.05, 4.69) is 43.8 Å². The van der Waals surface area contributed by atoms with E-state index in [0.717, 1.165) is 27.3 Å². The van der Waals surface area contributed by atoms with Crippen molar-refractivity contribution < 1.29 is 9.90 Å². The highest BCUT2D eigenvalue weighted by atomic mass is 127. The third-order valence-corrected chi connectivity index (χ3v) is 3.66. The standard InChI is InChI=1S/C12H15BrINO2/c13-11-5-4-9(14)8-10(11)12(17)15-6-2-1-3-7-16/h4-5,8,16H,1-3,6-7H2,(H,15,17). The van der Waals surface area contributed by atoms with Crippen LogP contribution in [0, 0.1) is 3.57 Å². The summed E-state index contributed by atoms with van der Waals surface area (Å²) in [6, 6.07) is 5.68. The molecule has 0 spiro atoms. The molecule has 3 nitrogen and oxygen atoms in total. The van der Waals surface area contributed by atoms with Gasteiger partial charge in [0.1, 0.15) is 0 Å². The Bertz CT molecular complexity index is 385. The molecule has 0 aliphatic carbocycles. The lowest BCUT2D eigenvalue weighted by molar-refractivity contribution is 0.0952. The van der Waals surface area contributed by atoms with Crippen molar-refractivity contribution in [1.82, 2.24) is 5.32 Å². The summed E-state index contributed by atoms with van der Waals surface area (Å²) in [7, 11) is 0. The molecule has 0 bridgehead atoms. The minimum absolute atomic E-state index is 0.0561. The zero-order valence-corrected chi connectivity index (χ0v) is 13.1. The lowest BCUT2D eigenvalue weighted by Crippen LogP contribution is -2.24. The number of carbonyl (C=O) groups excluding carboxylic acids is 1. The van der Waals surface area contributed by atoms with E-state index in [9.17, 15) is 4.79 Å². The molecule has 0 saturated heterocycles. The van der Waals surface area contributed by atoms with Crippen LogP contribution in [0.5, 0.6) is 0 Å². The van der Waals surface area contributed by atoms with E-state index < -0.39 is 0 Å². The van der Waals surface area contributed by atoms with Gasteiger partial charge in [-0.15, -0.1) is 0 Å². The first-order valence-corrected chi connectivity index (χ1v) is 7.36. The summed E-state index contributed by atoms with van der Waals surface area (Å²) in [5.41, 5.74) is 0.666. The van der Waals surface area contributed by atoms with E-state index in [1.807, 2.05) is 18.2 Å². The number of rotatable bonds is 6. The summed E-state index contributed by atoms with van der Waals surface area (Å²) >= 11 is 5.55. The van der Waals surface area contributed by atoms with Gasteiger partial charge in [0.25, 0.3) is 5.91 Å². The molecule has 0 unspecified atom stereocenters. The number of hydrogen-bond donors (Lipinski definition) is 2. The fraction of sp³-hybridized carbons (Fsp3) is 0.417. The van der Waals surface area contributed by atoms with E-state index in [0.29, 0.717) is 12.1 Å². The number of carbonyl (C=O) groups is 1. The monoisotopic (exact) mass is 411 g/mol. The first kappa shape index (κ1) is 14.9. The molecule has 0 atom stereocenters. The number of unbranched alkanes of at least 4 members (excludes halogenated alkanes) is 2. The Hall–Kier alpha value is -0.140. The first-order chi connectivity index (χ1) is 8.15. The molecule has 0 heterocycles. The second-order valence-electron chi connectivity index (χ2n) is 3.66. The van der Waals surface area contributed by atoms with Crippen molar-refractivity contribution in [3.63, 3.8) is 0 Å². The van der Waals surface area contributed by atoms with Gasteiger partial charge in [-0.3, -0.25) is 4.79 Å². The minimum Gasteiger partial charge on any atom is -0.396 e. The first-order valence-electron chi connectivity index (χ1n) is 5.49. The molecule has 17 heavy (non-hydrogen) atoms. The average Bonchev–Trinajstić information content (AvgIpc) is 2.32. The van der Waals surface area contributed by atoms with Crippen LogP contribution >= 0.6 is 38.5 Å². The SMILES string of the molecule is O=C(NCCCCCO)c1cc(I)ccc1Br. The second-order valence-corrected chi connectivity index (χ2v) is 5.76. The molecule has 1 aromatic rings. The number of nitrogens with one attached hydrogen (secondary N) is 1. The summed E-state index contributed by atoms with van der Waals surface area (Å²) < 4.78 is 1.85. The molecule has 1 rings (SSSR count). The van der Waals surface area contributed by atoms with Crippen LogP contribution in [-0.2, 0) is 0 Å². The Morgan fingerprint density at radius 2 is 2.12 bits per heavy atom. The molecule has 1 amide bonds. The van der Waals surface area contributed by atoms with Crippen LogP contribution in [0.25, 0.3) is 0 Å². The van der Waals surface area contributed by atoms with Crippen LogP contribution in [0.2, 0.25) is 0 Å². The summed E-state index contributed by atoms with van der Waals surface area (Å²) in [6.45, 7) is 0.868. The normalized spacial score (nSPS) is 10.3. The van der Waals surface area contributed by atoms with Crippen LogP contribution in [0.15, 0.2) is 22.7 Å². The number of halogens is 2. The molecule has 2 N–H and O–H groups in total. The maximum atomic E-state index is 11.9. The van der Waals surface area contributed by atoms with Crippen molar-refractivity contribution in [3.8, 4) is 0 Å². The molecule has 0 aromatic heterocycles. The smallest absolute Gasteiger partial charge is 0.252 e. The van der Waals surface area contributed by atoms with Gasteiger partial charge in [0, 0.05) is 21.2 Å². The average molecular weight is 412 g/mol. The Labute approximate surface area is 123 Å². The largest absolute Gasteiger partial charge is 0.396 e. The summed E-state index contributed by atoms with van der Waals surface area (Å²) in [4.78, 5) is 11.9. The van der Waals surface area contributed by atoms with Crippen LogP contribution in [0.3, 0.4) is 0 Å². The van der Waals surface area contributed by atoms with Gasteiger partial charge in [0.2, 0.25) is 0 Å². The van der Waals surface area contributed by atoms with E-state index in [4.69, 9.17) is 5.11 Å². The fourth-order valence-corrected chi connectivity index (χ4v) is 2.30.